The lowest BCUT2D eigenvalue weighted by Crippen LogP contribution is -2.47. The number of hydrogen-bond donors (Lipinski definition) is 1. The molecule has 4 nitrogen and oxygen atoms in total. The third-order valence-corrected chi connectivity index (χ3v) is 2.53. The first-order valence-electron chi connectivity index (χ1n) is 5.60. The Kier molecular flexibility index (Phi) is 3.78. The van der Waals surface area contributed by atoms with Crippen LogP contribution in [0.4, 0.5) is 9.18 Å². The standard InChI is InChI=1S/C11H21FN2O2/c1-7(13)9-5-8(12)6-14(9)10(15)16-11(2,3)4/h7-9H,5-6,13H2,1-4H3/t7-,8-,9-/m0/s1. The van der Waals surface area contributed by atoms with Crippen molar-refractivity contribution in [2.24, 2.45) is 5.73 Å². The molecule has 0 saturated carbocycles. The van der Waals surface area contributed by atoms with Gasteiger partial charge in [0.15, 0.2) is 0 Å². The molecule has 16 heavy (non-hydrogen) atoms. The molecule has 0 aromatic carbocycles. The summed E-state index contributed by atoms with van der Waals surface area (Å²) in [7, 11) is 0. The molecule has 1 heterocycles. The molecule has 0 unspecified atom stereocenters. The van der Waals surface area contributed by atoms with Gasteiger partial charge in [0.05, 0.1) is 12.6 Å². The highest BCUT2D eigenvalue weighted by Gasteiger charge is 2.39. The van der Waals surface area contributed by atoms with Gasteiger partial charge in [0, 0.05) is 12.5 Å². The van der Waals surface area contributed by atoms with Crippen LogP contribution >= 0.6 is 0 Å². The maximum absolute atomic E-state index is 13.3. The van der Waals surface area contributed by atoms with Gasteiger partial charge in [-0.2, -0.15) is 0 Å². The van der Waals surface area contributed by atoms with Crippen LogP contribution in [0.1, 0.15) is 34.1 Å². The third-order valence-electron chi connectivity index (χ3n) is 2.53. The lowest BCUT2D eigenvalue weighted by atomic mass is 10.1. The van der Waals surface area contributed by atoms with Crippen molar-refractivity contribution in [3.05, 3.63) is 0 Å². The largest absolute Gasteiger partial charge is 0.444 e. The average molecular weight is 232 g/mol. The third kappa shape index (κ3) is 3.33. The molecule has 1 aliphatic heterocycles. The molecule has 0 aromatic rings. The van der Waals surface area contributed by atoms with Gasteiger partial charge in [-0.3, -0.25) is 0 Å². The van der Waals surface area contributed by atoms with Crippen molar-refractivity contribution in [3.63, 3.8) is 0 Å². The van der Waals surface area contributed by atoms with Gasteiger partial charge >= 0.3 is 6.09 Å². The average Bonchev–Trinajstić information content (AvgIpc) is 2.44. The number of hydrogen-bond acceptors (Lipinski definition) is 3. The van der Waals surface area contributed by atoms with Gasteiger partial charge in [0.2, 0.25) is 0 Å². The summed E-state index contributed by atoms with van der Waals surface area (Å²) in [6.07, 6.45) is -1.17. The van der Waals surface area contributed by atoms with Crippen LogP contribution in [0.25, 0.3) is 0 Å². The highest BCUT2D eigenvalue weighted by atomic mass is 19.1. The van der Waals surface area contributed by atoms with Gasteiger partial charge in [0.1, 0.15) is 11.8 Å². The van der Waals surface area contributed by atoms with E-state index in [1.807, 2.05) is 0 Å². The number of nitrogens with zero attached hydrogens (tertiary/aromatic N) is 1. The van der Waals surface area contributed by atoms with Gasteiger partial charge in [-0.05, 0) is 27.7 Å². The molecule has 1 rings (SSSR count). The van der Waals surface area contributed by atoms with Gasteiger partial charge in [-0.15, -0.1) is 0 Å². The Morgan fingerprint density at radius 2 is 2.12 bits per heavy atom. The first-order chi connectivity index (χ1) is 7.20. The van der Waals surface area contributed by atoms with Crippen molar-refractivity contribution in [3.8, 4) is 0 Å². The van der Waals surface area contributed by atoms with Gasteiger partial charge in [-0.1, -0.05) is 0 Å². The summed E-state index contributed by atoms with van der Waals surface area (Å²) in [5.74, 6) is 0. The molecule has 0 spiro atoms. The zero-order valence-electron chi connectivity index (χ0n) is 10.4. The van der Waals surface area contributed by atoms with E-state index in [1.54, 1.807) is 27.7 Å². The van der Waals surface area contributed by atoms with Crippen LogP contribution in [-0.4, -0.2) is 41.4 Å². The number of carbonyl (C=O) groups is 1. The number of ether oxygens (including phenoxy) is 1. The Morgan fingerprint density at radius 3 is 2.56 bits per heavy atom. The number of halogens is 1. The molecule has 1 saturated heterocycles. The van der Waals surface area contributed by atoms with Crippen molar-refractivity contribution in [1.29, 1.82) is 0 Å². The molecule has 5 heteroatoms. The van der Waals surface area contributed by atoms with Crippen molar-refractivity contribution in [1.82, 2.24) is 4.90 Å². The topological polar surface area (TPSA) is 55.6 Å². The Labute approximate surface area is 95.9 Å². The number of nitrogens with two attached hydrogens (primary N) is 1. The minimum atomic E-state index is -0.997. The first-order valence-corrected chi connectivity index (χ1v) is 5.60. The van der Waals surface area contributed by atoms with Crippen molar-refractivity contribution in [2.75, 3.05) is 6.54 Å². The van der Waals surface area contributed by atoms with E-state index in [0.29, 0.717) is 6.42 Å². The van der Waals surface area contributed by atoms with Gasteiger partial charge < -0.3 is 15.4 Å². The lowest BCUT2D eigenvalue weighted by molar-refractivity contribution is 0.0203. The van der Waals surface area contributed by atoms with E-state index in [4.69, 9.17) is 10.5 Å². The number of rotatable bonds is 1. The van der Waals surface area contributed by atoms with E-state index in [0.717, 1.165) is 0 Å². The zero-order chi connectivity index (χ0) is 12.5. The summed E-state index contributed by atoms with van der Waals surface area (Å²) in [6.45, 7) is 7.22. The highest BCUT2D eigenvalue weighted by Crippen LogP contribution is 2.24. The van der Waals surface area contributed by atoms with E-state index >= 15 is 0 Å². The van der Waals surface area contributed by atoms with E-state index in [1.165, 1.54) is 4.90 Å². The molecule has 1 fully saturated rings. The van der Waals surface area contributed by atoms with Crippen molar-refractivity contribution < 1.29 is 13.9 Å². The van der Waals surface area contributed by atoms with Crippen molar-refractivity contribution >= 4 is 6.09 Å². The SMILES string of the molecule is C[C@H](N)[C@@H]1C[C@H](F)CN1C(=O)OC(C)(C)C. The smallest absolute Gasteiger partial charge is 0.410 e. The number of carbonyl (C=O) groups excluding carboxylic acids is 1. The summed E-state index contributed by atoms with van der Waals surface area (Å²) in [5.41, 5.74) is 5.17. The predicted octanol–water partition coefficient (Wildman–Crippen LogP) is 1.68. The zero-order valence-corrected chi connectivity index (χ0v) is 10.4. The Balaban J connectivity index is 2.67. The first kappa shape index (κ1) is 13.2. The highest BCUT2D eigenvalue weighted by molar-refractivity contribution is 5.69. The van der Waals surface area contributed by atoms with E-state index in [9.17, 15) is 9.18 Å². The number of amides is 1. The Hall–Kier alpha value is -0.840. The molecule has 0 aromatic heterocycles. The molecule has 0 bridgehead atoms. The second-order valence-electron chi connectivity index (χ2n) is 5.39. The Bertz CT molecular complexity index is 263. The van der Waals surface area contributed by atoms with Crippen molar-refractivity contribution in [2.45, 2.75) is 58.0 Å². The van der Waals surface area contributed by atoms with Crippen LogP contribution in [0.15, 0.2) is 0 Å². The van der Waals surface area contributed by atoms with Crippen LogP contribution in [0.3, 0.4) is 0 Å². The summed E-state index contributed by atoms with van der Waals surface area (Å²) < 4.78 is 18.5. The second-order valence-corrected chi connectivity index (χ2v) is 5.39. The minimum absolute atomic E-state index is 0.0844. The quantitative estimate of drug-likeness (QED) is 0.748. The molecule has 0 radical (unpaired) electrons. The summed E-state index contributed by atoms with van der Waals surface area (Å²) >= 11 is 0. The van der Waals surface area contributed by atoms with Crippen LogP contribution in [0.2, 0.25) is 0 Å². The maximum atomic E-state index is 13.3. The van der Waals surface area contributed by atoms with Crippen LogP contribution in [0.5, 0.6) is 0 Å². The van der Waals surface area contributed by atoms with Gasteiger partial charge in [-0.25, -0.2) is 9.18 Å². The van der Waals surface area contributed by atoms with Crippen LogP contribution in [0, 0.1) is 0 Å². The molecular formula is C11H21FN2O2. The van der Waals surface area contributed by atoms with E-state index in [2.05, 4.69) is 0 Å². The summed E-state index contributed by atoms with van der Waals surface area (Å²) in [6, 6.07) is -0.502. The molecule has 0 aliphatic carbocycles. The van der Waals surface area contributed by atoms with E-state index in [-0.39, 0.29) is 18.6 Å². The number of alkyl halides is 1. The fraction of sp³-hybridized carbons (Fsp3) is 0.909. The Morgan fingerprint density at radius 1 is 1.56 bits per heavy atom. The summed E-state index contributed by atoms with van der Waals surface area (Å²) in [4.78, 5) is 13.2. The fourth-order valence-corrected chi connectivity index (χ4v) is 1.84. The van der Waals surface area contributed by atoms with Gasteiger partial charge in [0.25, 0.3) is 0 Å². The predicted molar refractivity (Wildman–Crippen MR) is 59.9 cm³/mol. The fourth-order valence-electron chi connectivity index (χ4n) is 1.84. The molecular weight excluding hydrogens is 211 g/mol. The van der Waals surface area contributed by atoms with Crippen LogP contribution in [-0.2, 0) is 4.74 Å². The molecule has 2 N–H and O–H groups in total. The second kappa shape index (κ2) is 4.57. The monoisotopic (exact) mass is 232 g/mol. The maximum Gasteiger partial charge on any atom is 0.410 e. The molecule has 1 aliphatic rings. The molecule has 3 atom stereocenters. The minimum Gasteiger partial charge on any atom is -0.444 e. The molecule has 1 amide bonds. The normalized spacial score (nSPS) is 28.0. The lowest BCUT2D eigenvalue weighted by Gasteiger charge is -2.29. The number of likely N-dealkylation sites (tertiary alicyclic amines) is 1. The van der Waals surface area contributed by atoms with Crippen LogP contribution < -0.4 is 5.73 Å². The van der Waals surface area contributed by atoms with E-state index < -0.39 is 17.9 Å². The molecule has 94 valence electrons. The summed E-state index contributed by atoms with van der Waals surface area (Å²) in [5, 5.41) is 0.